The third kappa shape index (κ3) is 12.8. The highest BCUT2D eigenvalue weighted by Gasteiger charge is 2.12. The lowest BCUT2D eigenvalue weighted by molar-refractivity contribution is -0.112. The van der Waals surface area contributed by atoms with Crippen molar-refractivity contribution in [1.29, 1.82) is 0 Å². The van der Waals surface area contributed by atoms with Crippen molar-refractivity contribution in [3.8, 4) is 0 Å². The van der Waals surface area contributed by atoms with E-state index in [-0.39, 0.29) is 11.7 Å². The SMILES string of the molecule is C/C=C(/F)CC.C=NN(/C=C/C)C/C=C(\C)C(=O)Nc1ccc2c(c1)CCC2.CC.CO. The van der Waals surface area contributed by atoms with Crippen LogP contribution in [0.25, 0.3) is 0 Å². The van der Waals surface area contributed by atoms with Crippen LogP contribution in [0.4, 0.5) is 10.1 Å². The Kier molecular flexibility index (Phi) is 19.8. The summed E-state index contributed by atoms with van der Waals surface area (Å²) in [5.74, 6) is -0.113. The number of fused-ring (bicyclic) bond motifs is 1. The van der Waals surface area contributed by atoms with E-state index in [4.69, 9.17) is 5.11 Å². The van der Waals surface area contributed by atoms with Crippen molar-refractivity contribution in [2.45, 2.75) is 67.2 Å². The maximum Gasteiger partial charge on any atom is 0.251 e. The van der Waals surface area contributed by atoms with Crippen molar-refractivity contribution in [2.75, 3.05) is 19.0 Å². The van der Waals surface area contributed by atoms with E-state index < -0.39 is 0 Å². The van der Waals surface area contributed by atoms with Gasteiger partial charge in [0.2, 0.25) is 0 Å². The van der Waals surface area contributed by atoms with Gasteiger partial charge >= 0.3 is 0 Å². The number of halogens is 1. The molecule has 32 heavy (non-hydrogen) atoms. The number of amides is 1. The second-order valence-corrected chi connectivity index (χ2v) is 6.51. The smallest absolute Gasteiger partial charge is 0.251 e. The summed E-state index contributed by atoms with van der Waals surface area (Å²) in [7, 11) is 1.00. The zero-order chi connectivity index (χ0) is 24.9. The Labute approximate surface area is 194 Å². The number of rotatable bonds is 7. The molecular formula is C26H42FN3O2. The monoisotopic (exact) mass is 447 g/mol. The first-order valence-corrected chi connectivity index (χ1v) is 11.2. The Bertz CT molecular complexity index is 755. The lowest BCUT2D eigenvalue weighted by Gasteiger charge is -2.11. The number of anilines is 1. The van der Waals surface area contributed by atoms with Crippen molar-refractivity contribution in [1.82, 2.24) is 5.01 Å². The molecule has 2 N–H and O–H groups in total. The highest BCUT2D eigenvalue weighted by atomic mass is 19.1. The van der Waals surface area contributed by atoms with E-state index >= 15 is 0 Å². The van der Waals surface area contributed by atoms with Gasteiger partial charge in [0.1, 0.15) is 0 Å². The molecule has 0 radical (unpaired) electrons. The van der Waals surface area contributed by atoms with Gasteiger partial charge in [0.25, 0.3) is 5.91 Å². The number of hydrazone groups is 1. The molecule has 0 saturated heterocycles. The summed E-state index contributed by atoms with van der Waals surface area (Å²) in [6.45, 7) is 15.2. The molecule has 0 spiro atoms. The summed E-state index contributed by atoms with van der Waals surface area (Å²) < 4.78 is 11.7. The van der Waals surface area contributed by atoms with Gasteiger partial charge in [-0.25, -0.2) is 4.39 Å². The minimum Gasteiger partial charge on any atom is -0.400 e. The standard InChI is InChI=1S/C18H23N3O.C5H9F.C2H6.CH4O/c1-4-11-21(19-3)12-10-14(2)18(22)20-17-9-8-15-6-5-7-16(15)13-17;1-3-5(6)4-2;2*1-2/h4,8-11,13H,3,5-7,12H2,1-2H3,(H,20,22);3H,4H2,1-2H3;1-2H3;2H,1H3/b11-4+,14-10+;5-3+;;. The number of benzene rings is 1. The van der Waals surface area contributed by atoms with Gasteiger partial charge in [-0.1, -0.05) is 45.1 Å². The van der Waals surface area contributed by atoms with E-state index in [1.807, 2.05) is 45.2 Å². The molecule has 5 nitrogen and oxygen atoms in total. The Balaban J connectivity index is 0. The van der Waals surface area contributed by atoms with Gasteiger partial charge < -0.3 is 10.4 Å². The number of hydrogen-bond donors (Lipinski definition) is 2. The average molecular weight is 448 g/mol. The minimum absolute atomic E-state index is 0.0324. The van der Waals surface area contributed by atoms with Crippen LogP contribution >= 0.6 is 0 Å². The second-order valence-electron chi connectivity index (χ2n) is 6.51. The lowest BCUT2D eigenvalue weighted by Crippen LogP contribution is -2.15. The van der Waals surface area contributed by atoms with E-state index in [9.17, 15) is 9.18 Å². The topological polar surface area (TPSA) is 64.9 Å². The first kappa shape index (κ1) is 31.5. The molecule has 180 valence electrons. The molecule has 0 bridgehead atoms. The number of nitrogens with one attached hydrogen (secondary N) is 1. The van der Waals surface area contributed by atoms with Crippen LogP contribution in [0.3, 0.4) is 0 Å². The lowest BCUT2D eigenvalue weighted by atomic mass is 10.1. The largest absolute Gasteiger partial charge is 0.400 e. The fourth-order valence-electron chi connectivity index (χ4n) is 2.74. The van der Waals surface area contributed by atoms with E-state index in [0.717, 1.165) is 25.6 Å². The predicted molar refractivity (Wildman–Crippen MR) is 137 cm³/mol. The van der Waals surface area contributed by atoms with Crippen molar-refractivity contribution < 1.29 is 14.3 Å². The van der Waals surface area contributed by atoms with Crippen LogP contribution in [0.15, 0.2) is 59.1 Å². The van der Waals surface area contributed by atoms with Gasteiger partial charge in [0, 0.05) is 31.3 Å². The zero-order valence-corrected chi connectivity index (χ0v) is 20.9. The molecule has 0 unspecified atom stereocenters. The zero-order valence-electron chi connectivity index (χ0n) is 20.9. The molecule has 1 aromatic carbocycles. The summed E-state index contributed by atoms with van der Waals surface area (Å²) in [4.78, 5) is 12.2. The molecule has 1 amide bonds. The molecule has 0 saturated carbocycles. The van der Waals surface area contributed by atoms with Gasteiger partial charge in [-0.2, -0.15) is 5.10 Å². The van der Waals surface area contributed by atoms with E-state index in [1.165, 1.54) is 23.6 Å². The highest BCUT2D eigenvalue weighted by molar-refractivity contribution is 6.03. The summed E-state index contributed by atoms with van der Waals surface area (Å²) in [6.07, 6.45) is 11.0. The first-order valence-electron chi connectivity index (χ1n) is 11.2. The van der Waals surface area contributed by atoms with Gasteiger partial charge in [-0.3, -0.25) is 9.80 Å². The quantitative estimate of drug-likeness (QED) is 0.288. The Morgan fingerprint density at radius 1 is 1.25 bits per heavy atom. The Morgan fingerprint density at radius 3 is 2.38 bits per heavy atom. The number of hydrogen-bond acceptors (Lipinski definition) is 4. The Hall–Kier alpha value is -2.73. The number of aliphatic hydroxyl groups is 1. The Morgan fingerprint density at radius 2 is 1.88 bits per heavy atom. The maximum atomic E-state index is 12.2. The van der Waals surface area contributed by atoms with Crippen molar-refractivity contribution in [3.63, 3.8) is 0 Å². The maximum absolute atomic E-state index is 12.2. The molecule has 1 aliphatic carbocycles. The van der Waals surface area contributed by atoms with E-state index in [0.29, 0.717) is 18.5 Å². The van der Waals surface area contributed by atoms with Crippen LogP contribution in [-0.4, -0.2) is 36.4 Å². The third-order valence-corrected chi connectivity index (χ3v) is 4.45. The van der Waals surface area contributed by atoms with Crippen molar-refractivity contribution in [2.24, 2.45) is 5.10 Å². The van der Waals surface area contributed by atoms with Gasteiger partial charge in [0.05, 0.1) is 12.4 Å². The normalized spacial score (nSPS) is 12.3. The number of allylic oxidation sites excluding steroid dienone is 3. The predicted octanol–water partition coefficient (Wildman–Crippen LogP) is 6.42. The van der Waals surface area contributed by atoms with Crippen LogP contribution < -0.4 is 5.32 Å². The molecule has 0 fully saturated rings. The molecule has 1 aliphatic rings. The minimum atomic E-state index is -0.0811. The van der Waals surface area contributed by atoms with Crippen LogP contribution in [-0.2, 0) is 17.6 Å². The fraction of sp³-hybridized carbons (Fsp3) is 0.462. The molecule has 0 aliphatic heterocycles. The average Bonchev–Trinajstić information content (AvgIpc) is 3.31. The molecular weight excluding hydrogens is 405 g/mol. The van der Waals surface area contributed by atoms with Crippen LogP contribution in [0, 0.1) is 0 Å². The summed E-state index contributed by atoms with van der Waals surface area (Å²) in [5, 5.41) is 15.5. The summed E-state index contributed by atoms with van der Waals surface area (Å²) in [5.41, 5.74) is 4.29. The van der Waals surface area contributed by atoms with Crippen molar-refractivity contribution >= 4 is 18.3 Å². The number of carbonyl (C=O) groups excluding carboxylic acids is 1. The second kappa shape index (κ2) is 20.2. The molecule has 0 heterocycles. The molecule has 2 rings (SSSR count). The number of aryl methyl sites for hydroxylation is 2. The number of nitrogens with zero attached hydrogens (tertiary/aromatic N) is 2. The molecule has 1 aromatic rings. The van der Waals surface area contributed by atoms with E-state index in [2.05, 4.69) is 29.3 Å². The molecule has 0 atom stereocenters. The third-order valence-electron chi connectivity index (χ3n) is 4.45. The first-order chi connectivity index (χ1) is 15.4. The highest BCUT2D eigenvalue weighted by Crippen LogP contribution is 2.25. The molecule has 6 heteroatoms. The van der Waals surface area contributed by atoms with Crippen LogP contribution in [0.2, 0.25) is 0 Å². The van der Waals surface area contributed by atoms with E-state index in [1.54, 1.807) is 25.8 Å². The number of aliphatic hydroxyl groups excluding tert-OH is 1. The van der Waals surface area contributed by atoms with Crippen molar-refractivity contribution in [3.05, 3.63) is 65.2 Å². The van der Waals surface area contributed by atoms with Crippen LogP contribution in [0.5, 0.6) is 0 Å². The molecule has 0 aromatic heterocycles. The van der Waals surface area contributed by atoms with Crippen LogP contribution in [0.1, 0.15) is 65.5 Å². The fourth-order valence-corrected chi connectivity index (χ4v) is 2.74. The van der Waals surface area contributed by atoms with Gasteiger partial charge in [-0.05, 0) is 69.7 Å². The summed E-state index contributed by atoms with van der Waals surface area (Å²) in [6, 6.07) is 6.18. The van der Waals surface area contributed by atoms with Gasteiger partial charge in [0.15, 0.2) is 0 Å². The summed E-state index contributed by atoms with van der Waals surface area (Å²) >= 11 is 0. The number of carbonyl (C=O) groups is 1. The van der Waals surface area contributed by atoms with Gasteiger partial charge in [-0.15, -0.1) is 0 Å².